The Morgan fingerprint density at radius 2 is 1.94 bits per heavy atom. The van der Waals surface area contributed by atoms with Crippen LogP contribution in [-0.2, 0) is 0 Å². The van der Waals surface area contributed by atoms with Crippen molar-refractivity contribution in [1.29, 1.82) is 0 Å². The molecule has 0 atom stereocenters. The van der Waals surface area contributed by atoms with Crippen molar-refractivity contribution in [3.05, 3.63) is 23.8 Å². The number of hydrogen-bond acceptors (Lipinski definition) is 5. The van der Waals surface area contributed by atoms with Crippen molar-refractivity contribution in [2.24, 2.45) is 0 Å². The number of fused-ring (bicyclic) bond motifs is 1. The standard InChI is InChI=1S/C12H12N2O3/c1-7-11(17-14-12(7)13)8-2-3-9-10(6-8)16-5-4-15-9/h2-3,6H,4-5H2,1H3,(H2,13,14). The second kappa shape index (κ2) is 3.69. The van der Waals surface area contributed by atoms with Crippen LogP contribution in [0.3, 0.4) is 0 Å². The van der Waals surface area contributed by atoms with Crippen molar-refractivity contribution < 1.29 is 14.0 Å². The first-order valence-electron chi connectivity index (χ1n) is 5.37. The molecule has 2 N–H and O–H groups in total. The summed E-state index contributed by atoms with van der Waals surface area (Å²) in [6.07, 6.45) is 0. The van der Waals surface area contributed by atoms with Crippen molar-refractivity contribution in [2.75, 3.05) is 18.9 Å². The summed E-state index contributed by atoms with van der Waals surface area (Å²) in [5.74, 6) is 2.56. The third-order valence-corrected chi connectivity index (χ3v) is 2.76. The number of ether oxygens (including phenoxy) is 2. The van der Waals surface area contributed by atoms with E-state index in [1.165, 1.54) is 0 Å². The van der Waals surface area contributed by atoms with Gasteiger partial charge in [0.2, 0.25) is 0 Å². The molecule has 3 rings (SSSR count). The fourth-order valence-corrected chi connectivity index (χ4v) is 1.80. The smallest absolute Gasteiger partial charge is 0.172 e. The highest BCUT2D eigenvalue weighted by Gasteiger charge is 2.16. The summed E-state index contributed by atoms with van der Waals surface area (Å²) in [6, 6.07) is 5.64. The maximum Gasteiger partial charge on any atom is 0.172 e. The Balaban J connectivity index is 2.07. The van der Waals surface area contributed by atoms with E-state index in [0.717, 1.165) is 22.6 Å². The quantitative estimate of drug-likeness (QED) is 0.814. The zero-order chi connectivity index (χ0) is 11.8. The van der Waals surface area contributed by atoms with Crippen molar-refractivity contribution in [1.82, 2.24) is 5.16 Å². The molecule has 0 radical (unpaired) electrons. The van der Waals surface area contributed by atoms with E-state index in [2.05, 4.69) is 5.16 Å². The van der Waals surface area contributed by atoms with E-state index in [9.17, 15) is 0 Å². The topological polar surface area (TPSA) is 70.5 Å². The van der Waals surface area contributed by atoms with E-state index in [1.54, 1.807) is 0 Å². The molecule has 2 heterocycles. The van der Waals surface area contributed by atoms with Crippen LogP contribution in [0.25, 0.3) is 11.3 Å². The maximum atomic E-state index is 5.65. The Morgan fingerprint density at radius 3 is 2.65 bits per heavy atom. The number of hydrogen-bond donors (Lipinski definition) is 1. The van der Waals surface area contributed by atoms with E-state index in [4.69, 9.17) is 19.7 Å². The molecule has 88 valence electrons. The second-order valence-corrected chi connectivity index (χ2v) is 3.88. The third kappa shape index (κ3) is 1.60. The summed E-state index contributed by atoms with van der Waals surface area (Å²) in [6.45, 7) is 3.02. The van der Waals surface area contributed by atoms with Gasteiger partial charge in [-0.15, -0.1) is 0 Å². The molecule has 0 bridgehead atoms. The molecule has 5 heteroatoms. The highest BCUT2D eigenvalue weighted by atomic mass is 16.6. The average Bonchev–Trinajstić information content (AvgIpc) is 2.70. The van der Waals surface area contributed by atoms with Crippen LogP contribution in [0.4, 0.5) is 5.82 Å². The monoisotopic (exact) mass is 232 g/mol. The molecule has 0 amide bonds. The molecule has 0 unspecified atom stereocenters. The van der Waals surface area contributed by atoms with Gasteiger partial charge in [-0.05, 0) is 25.1 Å². The van der Waals surface area contributed by atoms with E-state index in [1.807, 2.05) is 25.1 Å². The molecule has 0 saturated carbocycles. The van der Waals surface area contributed by atoms with Gasteiger partial charge < -0.3 is 19.7 Å². The lowest BCUT2D eigenvalue weighted by molar-refractivity contribution is 0.171. The predicted molar refractivity (Wildman–Crippen MR) is 62.1 cm³/mol. The van der Waals surface area contributed by atoms with Gasteiger partial charge >= 0.3 is 0 Å². The highest BCUT2D eigenvalue weighted by Crippen LogP contribution is 2.36. The van der Waals surface area contributed by atoms with Crippen molar-refractivity contribution in [3.63, 3.8) is 0 Å². The SMILES string of the molecule is Cc1c(N)noc1-c1ccc2c(c1)OCCO2. The molecule has 0 aliphatic carbocycles. The van der Waals surface area contributed by atoms with E-state index >= 15 is 0 Å². The normalized spacial score (nSPS) is 13.7. The molecule has 0 saturated heterocycles. The number of nitrogens with zero attached hydrogens (tertiary/aromatic N) is 1. The number of anilines is 1. The van der Waals surface area contributed by atoms with Gasteiger partial charge in [0, 0.05) is 11.1 Å². The van der Waals surface area contributed by atoms with Crippen LogP contribution >= 0.6 is 0 Å². The fourth-order valence-electron chi connectivity index (χ4n) is 1.80. The van der Waals surface area contributed by atoms with Crippen LogP contribution in [0.2, 0.25) is 0 Å². The molecule has 0 spiro atoms. The summed E-state index contributed by atoms with van der Waals surface area (Å²) in [4.78, 5) is 0. The van der Waals surface area contributed by atoms with Crippen LogP contribution in [0.1, 0.15) is 5.56 Å². The molecule has 2 aromatic rings. The summed E-state index contributed by atoms with van der Waals surface area (Å²) >= 11 is 0. The minimum Gasteiger partial charge on any atom is -0.486 e. The van der Waals surface area contributed by atoms with Crippen LogP contribution < -0.4 is 15.2 Å². The van der Waals surface area contributed by atoms with Crippen molar-refractivity contribution >= 4 is 5.82 Å². The van der Waals surface area contributed by atoms with Gasteiger partial charge in [0.15, 0.2) is 23.1 Å². The lowest BCUT2D eigenvalue weighted by Gasteiger charge is -2.18. The third-order valence-electron chi connectivity index (χ3n) is 2.76. The van der Waals surface area contributed by atoms with Gasteiger partial charge in [0.05, 0.1) is 0 Å². The van der Waals surface area contributed by atoms with Crippen LogP contribution in [0.5, 0.6) is 11.5 Å². The zero-order valence-corrected chi connectivity index (χ0v) is 9.40. The largest absolute Gasteiger partial charge is 0.486 e. The summed E-state index contributed by atoms with van der Waals surface area (Å²) in [7, 11) is 0. The van der Waals surface area contributed by atoms with E-state index in [0.29, 0.717) is 24.8 Å². The first-order valence-corrected chi connectivity index (χ1v) is 5.37. The Labute approximate surface area is 98.1 Å². The van der Waals surface area contributed by atoms with Crippen LogP contribution in [0.15, 0.2) is 22.7 Å². The van der Waals surface area contributed by atoms with Gasteiger partial charge in [-0.2, -0.15) is 0 Å². The highest BCUT2D eigenvalue weighted by molar-refractivity contribution is 5.68. The van der Waals surface area contributed by atoms with Gasteiger partial charge in [-0.3, -0.25) is 0 Å². The second-order valence-electron chi connectivity index (χ2n) is 3.88. The number of rotatable bonds is 1. The van der Waals surface area contributed by atoms with E-state index in [-0.39, 0.29) is 0 Å². The van der Waals surface area contributed by atoms with Crippen molar-refractivity contribution in [2.45, 2.75) is 6.92 Å². The zero-order valence-electron chi connectivity index (χ0n) is 9.40. The molecular formula is C12H12N2O3. The first kappa shape index (κ1) is 10.0. The van der Waals surface area contributed by atoms with Crippen LogP contribution in [-0.4, -0.2) is 18.4 Å². The fraction of sp³-hybridized carbons (Fsp3) is 0.250. The number of benzene rings is 1. The summed E-state index contributed by atoms with van der Waals surface area (Å²) < 4.78 is 16.2. The molecule has 1 aliphatic heterocycles. The lowest BCUT2D eigenvalue weighted by atomic mass is 10.1. The minimum atomic E-state index is 0.412. The maximum absolute atomic E-state index is 5.65. The molecule has 5 nitrogen and oxygen atoms in total. The lowest BCUT2D eigenvalue weighted by Crippen LogP contribution is -2.15. The first-order chi connectivity index (χ1) is 8.25. The van der Waals surface area contributed by atoms with Gasteiger partial charge in [-0.25, -0.2) is 0 Å². The minimum absolute atomic E-state index is 0.412. The van der Waals surface area contributed by atoms with E-state index < -0.39 is 0 Å². The molecule has 1 aliphatic rings. The Kier molecular flexibility index (Phi) is 2.18. The summed E-state index contributed by atoms with van der Waals surface area (Å²) in [5, 5.41) is 3.74. The number of nitrogens with two attached hydrogens (primary N) is 1. The van der Waals surface area contributed by atoms with Gasteiger partial charge in [0.1, 0.15) is 13.2 Å². The molecular weight excluding hydrogens is 220 g/mol. The molecule has 0 fully saturated rings. The van der Waals surface area contributed by atoms with Crippen LogP contribution in [0, 0.1) is 6.92 Å². The number of aromatic nitrogens is 1. The Hall–Kier alpha value is -2.17. The van der Waals surface area contributed by atoms with Crippen molar-refractivity contribution in [3.8, 4) is 22.8 Å². The van der Waals surface area contributed by atoms with Gasteiger partial charge in [0.25, 0.3) is 0 Å². The predicted octanol–water partition coefficient (Wildman–Crippen LogP) is 2.00. The van der Waals surface area contributed by atoms with Gasteiger partial charge in [-0.1, -0.05) is 5.16 Å². The molecule has 1 aromatic carbocycles. The molecule has 1 aromatic heterocycles. The summed E-state index contributed by atoms with van der Waals surface area (Å²) in [5.41, 5.74) is 7.38. The average molecular weight is 232 g/mol. The Bertz CT molecular complexity index is 563. The Morgan fingerprint density at radius 1 is 1.18 bits per heavy atom. The number of nitrogen functional groups attached to an aromatic ring is 1. The molecule has 17 heavy (non-hydrogen) atoms.